The summed E-state index contributed by atoms with van der Waals surface area (Å²) in [6.07, 6.45) is 2.25. The summed E-state index contributed by atoms with van der Waals surface area (Å²) >= 11 is 1.75. The van der Waals surface area contributed by atoms with Crippen LogP contribution in [-0.2, 0) is 11.3 Å². The van der Waals surface area contributed by atoms with Crippen molar-refractivity contribution in [2.45, 2.75) is 26.3 Å². The van der Waals surface area contributed by atoms with Crippen molar-refractivity contribution in [3.8, 4) is 0 Å². The first-order chi connectivity index (χ1) is 9.70. The lowest BCUT2D eigenvalue weighted by atomic mass is 10.3. The number of nitrogens with zero attached hydrogens (tertiary/aromatic N) is 2. The molecule has 1 amide bonds. The van der Waals surface area contributed by atoms with Crippen LogP contribution in [0.3, 0.4) is 0 Å². The Kier molecular flexibility index (Phi) is 3.81. The van der Waals surface area contributed by atoms with Crippen LogP contribution in [0.25, 0.3) is 10.2 Å². The summed E-state index contributed by atoms with van der Waals surface area (Å²) < 4.78 is 8.50. The largest absolute Gasteiger partial charge is 0.383 e. The van der Waals surface area contributed by atoms with Gasteiger partial charge in [-0.15, -0.1) is 11.3 Å². The molecule has 3 heterocycles. The minimum atomic E-state index is 0.166. The van der Waals surface area contributed by atoms with Crippen LogP contribution in [0.1, 0.15) is 28.2 Å². The van der Waals surface area contributed by atoms with E-state index >= 15 is 0 Å². The maximum absolute atomic E-state index is 12.7. The van der Waals surface area contributed by atoms with Gasteiger partial charge in [-0.25, -0.2) is 0 Å². The van der Waals surface area contributed by atoms with Crippen LogP contribution in [0.2, 0.25) is 0 Å². The van der Waals surface area contributed by atoms with Crippen LogP contribution in [0.5, 0.6) is 0 Å². The van der Waals surface area contributed by atoms with Gasteiger partial charge < -0.3 is 14.2 Å². The normalized spacial score (nSPS) is 15.4. The van der Waals surface area contributed by atoms with Crippen molar-refractivity contribution in [2.75, 3.05) is 26.8 Å². The minimum absolute atomic E-state index is 0.166. The molecule has 1 saturated heterocycles. The summed E-state index contributed by atoms with van der Waals surface area (Å²) in [5, 5.41) is 0. The second-order valence-corrected chi connectivity index (χ2v) is 6.57. The summed E-state index contributed by atoms with van der Waals surface area (Å²) in [5.74, 6) is 0.166. The number of aryl methyl sites for hydroxylation is 1. The third-order valence-electron chi connectivity index (χ3n) is 3.84. The van der Waals surface area contributed by atoms with Gasteiger partial charge in [0.15, 0.2) is 0 Å². The van der Waals surface area contributed by atoms with E-state index < -0.39 is 0 Å². The summed E-state index contributed by atoms with van der Waals surface area (Å²) in [6.45, 7) is 5.24. The van der Waals surface area contributed by atoms with Crippen LogP contribution in [0.15, 0.2) is 12.1 Å². The highest BCUT2D eigenvalue weighted by atomic mass is 32.1. The Bertz CT molecular complexity index is 623. The zero-order valence-electron chi connectivity index (χ0n) is 12.0. The number of ether oxygens (including phenoxy) is 1. The lowest BCUT2D eigenvalue weighted by molar-refractivity contribution is 0.0780. The molecule has 0 N–H and O–H groups in total. The monoisotopic (exact) mass is 292 g/mol. The number of methoxy groups -OCH3 is 1. The number of rotatable bonds is 4. The van der Waals surface area contributed by atoms with Crippen LogP contribution in [0.4, 0.5) is 0 Å². The number of carbonyl (C=O) groups excluding carboxylic acids is 1. The van der Waals surface area contributed by atoms with E-state index in [2.05, 4.69) is 17.6 Å². The molecule has 0 bridgehead atoms. The standard InChI is InChI=1S/C15H20N2O2S/c1-11-9-12-14(20-11)10-13(17(12)7-8-19-2)15(18)16-5-3-4-6-16/h9-10H,3-8H2,1-2H3. The van der Waals surface area contributed by atoms with E-state index in [0.717, 1.165) is 43.7 Å². The second-order valence-electron chi connectivity index (χ2n) is 5.28. The van der Waals surface area contributed by atoms with Crippen LogP contribution >= 0.6 is 11.3 Å². The molecule has 5 heteroatoms. The number of amides is 1. The lowest BCUT2D eigenvalue weighted by Crippen LogP contribution is -2.29. The number of hydrogen-bond donors (Lipinski definition) is 0. The van der Waals surface area contributed by atoms with E-state index in [-0.39, 0.29) is 5.91 Å². The van der Waals surface area contributed by atoms with Crippen molar-refractivity contribution >= 4 is 27.5 Å². The molecule has 0 spiro atoms. The van der Waals surface area contributed by atoms with E-state index in [4.69, 9.17) is 4.74 Å². The van der Waals surface area contributed by atoms with E-state index in [1.165, 1.54) is 9.58 Å². The molecule has 1 aliphatic heterocycles. The van der Waals surface area contributed by atoms with Crippen molar-refractivity contribution in [1.82, 2.24) is 9.47 Å². The molecule has 0 unspecified atom stereocenters. The first-order valence-corrected chi connectivity index (χ1v) is 7.90. The predicted molar refractivity (Wildman–Crippen MR) is 81.6 cm³/mol. The topological polar surface area (TPSA) is 34.5 Å². The number of hydrogen-bond acceptors (Lipinski definition) is 3. The van der Waals surface area contributed by atoms with Crippen LogP contribution in [0, 0.1) is 6.92 Å². The molecule has 2 aromatic heterocycles. The Hall–Kier alpha value is -1.33. The predicted octanol–water partition coefficient (Wildman–Crippen LogP) is 2.89. The third-order valence-corrected chi connectivity index (χ3v) is 4.83. The fraction of sp³-hybridized carbons (Fsp3) is 0.533. The Labute approximate surface area is 122 Å². The maximum atomic E-state index is 12.7. The van der Waals surface area contributed by atoms with Gasteiger partial charge in [-0.05, 0) is 31.9 Å². The molecule has 2 aromatic rings. The zero-order chi connectivity index (χ0) is 14.1. The molecule has 0 radical (unpaired) electrons. The van der Waals surface area contributed by atoms with Gasteiger partial charge in [-0.1, -0.05) is 0 Å². The van der Waals surface area contributed by atoms with E-state index in [9.17, 15) is 4.79 Å². The van der Waals surface area contributed by atoms with Crippen LogP contribution in [-0.4, -0.2) is 42.2 Å². The quantitative estimate of drug-likeness (QED) is 0.868. The van der Waals surface area contributed by atoms with Crippen molar-refractivity contribution in [3.63, 3.8) is 0 Å². The summed E-state index contributed by atoms with van der Waals surface area (Å²) in [4.78, 5) is 15.9. The van der Waals surface area contributed by atoms with Crippen molar-refractivity contribution in [1.29, 1.82) is 0 Å². The first-order valence-electron chi connectivity index (χ1n) is 7.08. The molecular formula is C15H20N2O2S. The number of aromatic nitrogens is 1. The van der Waals surface area contributed by atoms with Gasteiger partial charge in [0.2, 0.25) is 0 Å². The molecule has 4 nitrogen and oxygen atoms in total. The van der Waals surface area contributed by atoms with Gasteiger partial charge >= 0.3 is 0 Å². The molecule has 0 aliphatic carbocycles. The number of thiophene rings is 1. The molecule has 0 atom stereocenters. The average molecular weight is 292 g/mol. The summed E-state index contributed by atoms with van der Waals surface area (Å²) in [6, 6.07) is 4.21. The third kappa shape index (κ3) is 2.36. The summed E-state index contributed by atoms with van der Waals surface area (Å²) in [5.41, 5.74) is 1.97. The van der Waals surface area contributed by atoms with Gasteiger partial charge in [0.1, 0.15) is 5.69 Å². The number of fused-ring (bicyclic) bond motifs is 1. The van der Waals surface area contributed by atoms with Crippen LogP contribution < -0.4 is 0 Å². The Morgan fingerprint density at radius 1 is 1.35 bits per heavy atom. The maximum Gasteiger partial charge on any atom is 0.270 e. The highest BCUT2D eigenvalue weighted by Gasteiger charge is 2.24. The smallest absolute Gasteiger partial charge is 0.270 e. The van der Waals surface area contributed by atoms with Gasteiger partial charge in [-0.3, -0.25) is 4.79 Å². The SMILES string of the molecule is COCCn1c(C(=O)N2CCCC2)cc2sc(C)cc21. The Morgan fingerprint density at radius 3 is 2.80 bits per heavy atom. The number of carbonyl (C=O) groups is 1. The van der Waals surface area contributed by atoms with E-state index in [1.807, 2.05) is 11.0 Å². The molecule has 20 heavy (non-hydrogen) atoms. The van der Waals surface area contributed by atoms with Crippen molar-refractivity contribution in [3.05, 3.63) is 22.7 Å². The molecule has 108 valence electrons. The highest BCUT2D eigenvalue weighted by molar-refractivity contribution is 7.19. The fourth-order valence-electron chi connectivity index (χ4n) is 2.85. The number of likely N-dealkylation sites (tertiary alicyclic amines) is 1. The van der Waals surface area contributed by atoms with Crippen molar-refractivity contribution < 1.29 is 9.53 Å². The summed E-state index contributed by atoms with van der Waals surface area (Å²) in [7, 11) is 1.70. The molecule has 1 fully saturated rings. The Morgan fingerprint density at radius 2 is 2.10 bits per heavy atom. The molecule has 3 rings (SSSR count). The van der Waals surface area contributed by atoms with Gasteiger partial charge in [-0.2, -0.15) is 0 Å². The average Bonchev–Trinajstić information content (AvgIpc) is 3.11. The second kappa shape index (κ2) is 5.58. The van der Waals surface area contributed by atoms with E-state index in [0.29, 0.717) is 6.61 Å². The zero-order valence-corrected chi connectivity index (χ0v) is 12.8. The molecule has 0 saturated carbocycles. The molecule has 0 aromatic carbocycles. The van der Waals surface area contributed by atoms with Crippen molar-refractivity contribution in [2.24, 2.45) is 0 Å². The lowest BCUT2D eigenvalue weighted by Gasteiger charge is -2.17. The van der Waals surface area contributed by atoms with Gasteiger partial charge in [0, 0.05) is 31.6 Å². The molecular weight excluding hydrogens is 272 g/mol. The van der Waals surface area contributed by atoms with E-state index in [1.54, 1.807) is 18.4 Å². The molecule has 1 aliphatic rings. The minimum Gasteiger partial charge on any atom is -0.383 e. The highest BCUT2D eigenvalue weighted by Crippen LogP contribution is 2.29. The van der Waals surface area contributed by atoms with Gasteiger partial charge in [0.25, 0.3) is 5.91 Å². The van der Waals surface area contributed by atoms with Gasteiger partial charge in [0.05, 0.1) is 16.8 Å². The fourth-order valence-corrected chi connectivity index (χ4v) is 3.81. The first kappa shape index (κ1) is 13.6. The Balaban J connectivity index is 1.99.